The summed E-state index contributed by atoms with van der Waals surface area (Å²) in [7, 11) is 0. The second-order valence-corrected chi connectivity index (χ2v) is 12.8. The van der Waals surface area contributed by atoms with E-state index in [4.69, 9.17) is 0 Å². The Kier molecular flexibility index (Phi) is 9.68. The lowest BCUT2D eigenvalue weighted by atomic mass is 9.83. The van der Waals surface area contributed by atoms with Gasteiger partial charge in [0.2, 0.25) is 5.91 Å². The molecule has 1 aliphatic heterocycles. The first kappa shape index (κ1) is 33.0. The van der Waals surface area contributed by atoms with Crippen LogP contribution in [0.3, 0.4) is 0 Å². The van der Waals surface area contributed by atoms with Gasteiger partial charge in [-0.15, -0.1) is 0 Å². The molecule has 0 bridgehead atoms. The van der Waals surface area contributed by atoms with Gasteiger partial charge in [0, 0.05) is 40.9 Å². The fourth-order valence-electron chi connectivity index (χ4n) is 6.13. The van der Waals surface area contributed by atoms with Gasteiger partial charge in [0.15, 0.2) is 5.60 Å². The minimum absolute atomic E-state index is 0.0536. The molecule has 0 saturated carbocycles. The van der Waals surface area contributed by atoms with Gasteiger partial charge in [0.05, 0.1) is 36.1 Å². The van der Waals surface area contributed by atoms with E-state index in [1.54, 1.807) is 65.4 Å². The van der Waals surface area contributed by atoms with Gasteiger partial charge < -0.3 is 20.0 Å². The van der Waals surface area contributed by atoms with E-state index in [9.17, 15) is 24.6 Å². The summed E-state index contributed by atoms with van der Waals surface area (Å²) in [6, 6.07) is 29.5. The summed E-state index contributed by atoms with van der Waals surface area (Å²) in [5.74, 6) is -1.30. The number of nitrogens with zero attached hydrogens (tertiary/aromatic N) is 4. The summed E-state index contributed by atoms with van der Waals surface area (Å²) in [4.78, 5) is 43.3. The number of rotatable bonds is 11. The monoisotopic (exact) mass is 706 g/mol. The number of aliphatic hydroxyl groups excluding tert-OH is 1. The molecule has 2 heterocycles. The lowest BCUT2D eigenvalue weighted by Crippen LogP contribution is -2.44. The third-order valence-electron chi connectivity index (χ3n) is 8.76. The SMILES string of the molecule is C[C@@H](/C=C/CC(=O)N(CCO)Cc1ccccc1)[C@]1(O)C(=O)N(Cc2ccc(-n3ncc4ccccc4c3=O)cc2)c2ccc(Br)cc21. The molecule has 0 spiro atoms. The van der Waals surface area contributed by atoms with Gasteiger partial charge in [0.1, 0.15) is 0 Å². The number of anilines is 1. The first-order valence-electron chi connectivity index (χ1n) is 15.7. The van der Waals surface area contributed by atoms with Crippen molar-refractivity contribution in [1.29, 1.82) is 0 Å². The molecular weight excluding hydrogens is 672 g/mol. The van der Waals surface area contributed by atoms with Crippen molar-refractivity contribution in [3.05, 3.63) is 147 Å². The molecule has 0 fully saturated rings. The largest absolute Gasteiger partial charge is 0.395 e. The molecule has 5 aromatic rings. The Morgan fingerprint density at radius 1 is 0.979 bits per heavy atom. The topological polar surface area (TPSA) is 116 Å². The molecule has 2 N–H and O–H groups in total. The third kappa shape index (κ3) is 6.47. The summed E-state index contributed by atoms with van der Waals surface area (Å²) in [5, 5.41) is 27.3. The Hall–Kier alpha value is -4.90. The maximum absolute atomic E-state index is 14.1. The van der Waals surface area contributed by atoms with Crippen molar-refractivity contribution < 1.29 is 19.8 Å². The molecule has 10 heteroatoms. The summed E-state index contributed by atoms with van der Waals surface area (Å²) in [6.07, 6.45) is 5.09. The van der Waals surface area contributed by atoms with Crippen molar-refractivity contribution in [2.75, 3.05) is 18.1 Å². The normalized spacial score (nSPS) is 16.4. The summed E-state index contributed by atoms with van der Waals surface area (Å²) in [5.41, 5.74) is 1.33. The van der Waals surface area contributed by atoms with E-state index < -0.39 is 17.4 Å². The van der Waals surface area contributed by atoms with Gasteiger partial charge in [-0.3, -0.25) is 14.4 Å². The number of aromatic nitrogens is 2. The van der Waals surface area contributed by atoms with Gasteiger partial charge in [-0.1, -0.05) is 95.7 Å². The fraction of sp³-hybridized carbons (Fsp3) is 0.211. The van der Waals surface area contributed by atoms with Crippen LogP contribution in [-0.2, 0) is 28.3 Å². The van der Waals surface area contributed by atoms with Gasteiger partial charge in [-0.25, -0.2) is 0 Å². The number of amides is 2. The van der Waals surface area contributed by atoms with Crippen LogP contribution in [0.15, 0.2) is 125 Å². The van der Waals surface area contributed by atoms with E-state index in [0.29, 0.717) is 28.9 Å². The summed E-state index contributed by atoms with van der Waals surface area (Å²) < 4.78 is 2.07. The average Bonchev–Trinajstić information content (AvgIpc) is 3.31. The van der Waals surface area contributed by atoms with E-state index in [1.165, 1.54) is 4.68 Å². The maximum Gasteiger partial charge on any atom is 0.279 e. The van der Waals surface area contributed by atoms with Crippen LogP contribution < -0.4 is 10.5 Å². The highest BCUT2D eigenvalue weighted by molar-refractivity contribution is 9.10. The molecule has 6 rings (SSSR count). The Balaban J connectivity index is 1.20. The lowest BCUT2D eigenvalue weighted by molar-refractivity contribution is -0.139. The van der Waals surface area contributed by atoms with Crippen molar-refractivity contribution in [2.24, 2.45) is 5.92 Å². The van der Waals surface area contributed by atoms with Crippen LogP contribution >= 0.6 is 15.9 Å². The quantitative estimate of drug-likeness (QED) is 0.176. The van der Waals surface area contributed by atoms with Gasteiger partial charge in [-0.05, 0) is 47.5 Å². The molecule has 0 aliphatic carbocycles. The predicted molar refractivity (Wildman–Crippen MR) is 188 cm³/mol. The van der Waals surface area contributed by atoms with Crippen molar-refractivity contribution in [3.63, 3.8) is 0 Å². The maximum atomic E-state index is 14.1. The standard InChI is InChI=1S/C38H35BrN4O5/c1-26(8-7-13-35(45)41(20-21-44)24-27-9-3-2-4-10-27)38(48)33-22-30(39)16-19-34(33)42(37(38)47)25-28-14-17-31(18-15-28)43-36(46)32-12-6-5-11-29(32)23-40-43/h2-12,14-19,22-23,26,44,48H,13,20-21,24-25H2,1H3/b8-7+/t26-,38+/m0/s1. The van der Waals surface area contributed by atoms with Gasteiger partial charge in [-0.2, -0.15) is 9.78 Å². The molecule has 1 aromatic heterocycles. The second-order valence-electron chi connectivity index (χ2n) is 11.9. The number of carbonyl (C=O) groups is 2. The number of hydrogen-bond donors (Lipinski definition) is 2. The van der Waals surface area contributed by atoms with Crippen LogP contribution in [-0.4, -0.2) is 49.9 Å². The molecule has 4 aromatic carbocycles. The molecule has 48 heavy (non-hydrogen) atoms. The van der Waals surface area contributed by atoms with Crippen LogP contribution in [0.1, 0.15) is 30.0 Å². The van der Waals surface area contributed by atoms with E-state index in [2.05, 4.69) is 21.0 Å². The Bertz CT molecular complexity index is 2050. The summed E-state index contributed by atoms with van der Waals surface area (Å²) >= 11 is 3.49. The number of hydrogen-bond acceptors (Lipinski definition) is 6. The van der Waals surface area contributed by atoms with Crippen LogP contribution in [0.5, 0.6) is 0 Å². The zero-order valence-corrected chi connectivity index (χ0v) is 28.0. The summed E-state index contributed by atoms with van der Waals surface area (Å²) in [6.45, 7) is 2.37. The molecule has 0 radical (unpaired) electrons. The number of benzene rings is 4. The first-order chi connectivity index (χ1) is 23.2. The smallest absolute Gasteiger partial charge is 0.279 e. The fourth-order valence-corrected chi connectivity index (χ4v) is 6.50. The molecule has 0 unspecified atom stereocenters. The number of halogens is 1. The van der Waals surface area contributed by atoms with E-state index >= 15 is 0 Å². The van der Waals surface area contributed by atoms with Crippen molar-refractivity contribution in [3.8, 4) is 5.69 Å². The number of fused-ring (bicyclic) bond motifs is 2. The molecular formula is C38H35BrN4O5. The first-order valence-corrected chi connectivity index (χ1v) is 16.5. The van der Waals surface area contributed by atoms with Gasteiger partial charge >= 0.3 is 0 Å². The van der Waals surface area contributed by atoms with Crippen LogP contribution in [0.4, 0.5) is 5.69 Å². The van der Waals surface area contributed by atoms with Gasteiger partial charge in [0.25, 0.3) is 11.5 Å². The zero-order chi connectivity index (χ0) is 33.8. The Morgan fingerprint density at radius 2 is 1.71 bits per heavy atom. The number of aliphatic hydroxyl groups is 2. The van der Waals surface area contributed by atoms with Crippen molar-refractivity contribution >= 4 is 44.2 Å². The van der Waals surface area contributed by atoms with Crippen molar-refractivity contribution in [1.82, 2.24) is 14.7 Å². The zero-order valence-electron chi connectivity index (χ0n) is 26.4. The highest BCUT2D eigenvalue weighted by Gasteiger charge is 2.52. The van der Waals surface area contributed by atoms with Crippen LogP contribution in [0.2, 0.25) is 0 Å². The highest BCUT2D eigenvalue weighted by atomic mass is 79.9. The molecule has 1 aliphatic rings. The minimum atomic E-state index is -1.87. The third-order valence-corrected chi connectivity index (χ3v) is 9.26. The highest BCUT2D eigenvalue weighted by Crippen LogP contribution is 2.46. The minimum Gasteiger partial charge on any atom is -0.395 e. The predicted octanol–water partition coefficient (Wildman–Crippen LogP) is 5.49. The van der Waals surface area contributed by atoms with Crippen LogP contribution in [0.25, 0.3) is 16.5 Å². The Labute approximate surface area is 286 Å². The lowest BCUT2D eigenvalue weighted by Gasteiger charge is -2.28. The van der Waals surface area contributed by atoms with Crippen molar-refractivity contribution in [2.45, 2.75) is 32.0 Å². The average molecular weight is 708 g/mol. The molecule has 0 saturated heterocycles. The Morgan fingerprint density at radius 3 is 2.46 bits per heavy atom. The second kappa shape index (κ2) is 14.1. The van der Waals surface area contributed by atoms with E-state index in [1.807, 2.05) is 66.7 Å². The van der Waals surface area contributed by atoms with E-state index in [-0.39, 0.29) is 37.6 Å². The molecule has 2 amide bonds. The van der Waals surface area contributed by atoms with E-state index in [0.717, 1.165) is 21.0 Å². The molecule has 2 atom stereocenters. The molecule has 244 valence electrons. The number of carbonyl (C=O) groups excluding carboxylic acids is 2. The van der Waals surface area contributed by atoms with Crippen LogP contribution in [0, 0.1) is 5.92 Å². The molecule has 9 nitrogen and oxygen atoms in total.